The van der Waals surface area contributed by atoms with E-state index in [9.17, 15) is 17.6 Å². The normalized spacial score (nSPS) is 26.1. The summed E-state index contributed by atoms with van der Waals surface area (Å²) >= 11 is 1.55. The topological polar surface area (TPSA) is 58.9 Å². The Morgan fingerprint density at radius 3 is 2.54 bits per heavy atom. The number of aromatic nitrogens is 4. The lowest BCUT2D eigenvalue weighted by Crippen LogP contribution is -2.48. The molecule has 3 aliphatic rings. The summed E-state index contributed by atoms with van der Waals surface area (Å²) in [5.74, 6) is 0.521. The molecule has 2 fully saturated rings. The fourth-order valence-electron chi connectivity index (χ4n) is 5.99. The van der Waals surface area contributed by atoms with Gasteiger partial charge >= 0.3 is 6.18 Å². The molecule has 1 saturated carbocycles. The highest BCUT2D eigenvalue weighted by molar-refractivity contribution is 7.10. The zero-order valence-electron chi connectivity index (χ0n) is 19.2. The van der Waals surface area contributed by atoms with E-state index in [2.05, 4.69) is 25.8 Å². The summed E-state index contributed by atoms with van der Waals surface area (Å²) in [6.45, 7) is 4.60. The van der Waals surface area contributed by atoms with Crippen LogP contribution in [0.2, 0.25) is 0 Å². The fraction of sp³-hybridized carbons (Fsp3) is 0.542. The highest BCUT2D eigenvalue weighted by atomic mass is 32.1. The molecule has 1 aliphatic carbocycles. The van der Waals surface area contributed by atoms with Crippen LogP contribution in [0.15, 0.2) is 24.3 Å². The maximum atomic E-state index is 13.8. The van der Waals surface area contributed by atoms with Gasteiger partial charge in [0.15, 0.2) is 0 Å². The Balaban J connectivity index is 1.22. The van der Waals surface area contributed by atoms with Crippen LogP contribution in [0.1, 0.15) is 54.2 Å². The summed E-state index contributed by atoms with van der Waals surface area (Å²) in [6, 6.07) is 5.68. The van der Waals surface area contributed by atoms with E-state index in [1.807, 2.05) is 6.92 Å². The first kappa shape index (κ1) is 22.8. The van der Waals surface area contributed by atoms with E-state index < -0.39 is 17.6 Å². The predicted molar refractivity (Wildman–Crippen MR) is 125 cm³/mol. The maximum absolute atomic E-state index is 13.8. The van der Waals surface area contributed by atoms with Gasteiger partial charge in [0.2, 0.25) is 5.95 Å². The van der Waals surface area contributed by atoms with Gasteiger partial charge in [-0.1, -0.05) is 6.07 Å². The van der Waals surface area contributed by atoms with Crippen LogP contribution in [-0.4, -0.2) is 38.3 Å². The van der Waals surface area contributed by atoms with Crippen molar-refractivity contribution < 1.29 is 17.6 Å². The second-order valence-corrected chi connectivity index (χ2v) is 10.7. The van der Waals surface area contributed by atoms with E-state index in [4.69, 9.17) is 4.98 Å². The lowest BCUT2D eigenvalue weighted by Gasteiger charge is -2.38. The fourth-order valence-corrected chi connectivity index (χ4v) is 6.77. The van der Waals surface area contributed by atoms with E-state index in [0.29, 0.717) is 42.1 Å². The molecule has 11 heteroatoms. The molecule has 2 aromatic heterocycles. The summed E-state index contributed by atoms with van der Waals surface area (Å²) in [6.07, 6.45) is -1.03. The molecule has 2 bridgehead atoms. The zero-order chi connectivity index (χ0) is 24.3. The number of hydrogen-bond donors (Lipinski definition) is 1. The number of nitrogens with one attached hydrogen (secondary N) is 1. The molecule has 1 aromatic carbocycles. The highest BCUT2D eigenvalue weighted by Crippen LogP contribution is 2.42. The van der Waals surface area contributed by atoms with E-state index in [1.165, 1.54) is 11.1 Å². The van der Waals surface area contributed by atoms with Crippen molar-refractivity contribution in [2.24, 2.45) is 11.8 Å². The molecule has 0 spiro atoms. The van der Waals surface area contributed by atoms with Gasteiger partial charge in [-0.3, -0.25) is 0 Å². The molecule has 0 amide bonds. The van der Waals surface area contributed by atoms with Crippen LogP contribution in [0.4, 0.5) is 28.5 Å². The number of benzene rings is 1. The van der Waals surface area contributed by atoms with Gasteiger partial charge in [-0.25, -0.2) is 9.07 Å². The molecule has 3 unspecified atom stereocenters. The SMILES string of the molecule is Cc1cc(N2CC3CCC(C2)C3Nc2nc3n(n2)CCCC3c2ccc(F)c(C(F)(F)F)c2)sn1. The van der Waals surface area contributed by atoms with Gasteiger partial charge in [-0.15, -0.1) is 5.10 Å². The number of aryl methyl sites for hydroxylation is 2. The standard InChI is InChI=1S/C24H26F4N6S/c1-13-9-20(35-32-13)33-11-15-4-5-16(12-33)21(15)29-23-30-22-17(3-2-8-34(22)31-23)14-6-7-19(25)18(10-14)24(26,27)28/h6-7,9-10,15-17,21H,2-5,8,11-12H2,1H3,(H,29,31). The van der Waals surface area contributed by atoms with Gasteiger partial charge < -0.3 is 10.2 Å². The van der Waals surface area contributed by atoms with Crippen LogP contribution in [0.3, 0.4) is 0 Å². The van der Waals surface area contributed by atoms with E-state index in [-0.39, 0.29) is 12.0 Å². The van der Waals surface area contributed by atoms with Gasteiger partial charge in [0.05, 0.1) is 11.3 Å². The molecule has 3 aromatic rings. The molecule has 0 radical (unpaired) electrons. The molecule has 6 nitrogen and oxygen atoms in total. The Bertz CT molecular complexity index is 1220. The van der Waals surface area contributed by atoms with Crippen LogP contribution in [0.25, 0.3) is 0 Å². The Morgan fingerprint density at radius 2 is 1.86 bits per heavy atom. The highest BCUT2D eigenvalue weighted by Gasteiger charge is 2.43. The van der Waals surface area contributed by atoms with Crippen molar-refractivity contribution in [3.8, 4) is 0 Å². The Kier molecular flexibility index (Phi) is 5.50. The molecular weight excluding hydrogens is 480 g/mol. The Labute approximate surface area is 204 Å². The average Bonchev–Trinajstić information content (AvgIpc) is 3.48. The molecule has 1 N–H and O–H groups in total. The molecule has 186 valence electrons. The number of anilines is 2. The van der Waals surface area contributed by atoms with E-state index in [0.717, 1.165) is 50.2 Å². The van der Waals surface area contributed by atoms with Gasteiger partial charge in [0, 0.05) is 31.6 Å². The number of alkyl halides is 3. The second kappa shape index (κ2) is 8.46. The minimum atomic E-state index is -4.73. The third-order valence-electron chi connectivity index (χ3n) is 7.63. The van der Waals surface area contributed by atoms with Crippen molar-refractivity contribution in [2.75, 3.05) is 23.3 Å². The van der Waals surface area contributed by atoms with Crippen molar-refractivity contribution in [1.82, 2.24) is 19.1 Å². The molecule has 2 aliphatic heterocycles. The van der Waals surface area contributed by atoms with E-state index in [1.54, 1.807) is 16.2 Å². The summed E-state index contributed by atoms with van der Waals surface area (Å²) in [5.41, 5.74) is 0.236. The van der Waals surface area contributed by atoms with Crippen LogP contribution >= 0.6 is 11.5 Å². The monoisotopic (exact) mass is 506 g/mol. The van der Waals surface area contributed by atoms with Gasteiger partial charge in [-0.2, -0.15) is 22.5 Å². The number of piperidine rings is 1. The summed E-state index contributed by atoms with van der Waals surface area (Å²) in [7, 11) is 0. The smallest absolute Gasteiger partial charge is 0.361 e. The molecular formula is C24H26F4N6S. The van der Waals surface area contributed by atoms with Crippen molar-refractivity contribution in [3.05, 3.63) is 52.7 Å². The van der Waals surface area contributed by atoms with Crippen LogP contribution in [0.5, 0.6) is 0 Å². The van der Waals surface area contributed by atoms with Crippen molar-refractivity contribution in [2.45, 2.75) is 57.3 Å². The minimum absolute atomic E-state index is 0.269. The number of hydrogen-bond acceptors (Lipinski definition) is 6. The zero-order valence-corrected chi connectivity index (χ0v) is 20.0. The minimum Gasteiger partial charge on any atom is -0.361 e. The van der Waals surface area contributed by atoms with Crippen LogP contribution in [0, 0.1) is 24.6 Å². The summed E-state index contributed by atoms with van der Waals surface area (Å²) in [4.78, 5) is 7.17. The molecule has 1 saturated heterocycles. The van der Waals surface area contributed by atoms with Gasteiger partial charge in [0.1, 0.15) is 16.6 Å². The largest absolute Gasteiger partial charge is 0.419 e. The van der Waals surface area contributed by atoms with Crippen molar-refractivity contribution in [1.29, 1.82) is 0 Å². The maximum Gasteiger partial charge on any atom is 0.419 e. The lowest BCUT2D eigenvalue weighted by molar-refractivity contribution is -0.140. The molecule has 35 heavy (non-hydrogen) atoms. The molecule has 4 heterocycles. The number of fused-ring (bicyclic) bond motifs is 3. The third kappa shape index (κ3) is 4.17. The first-order valence-corrected chi connectivity index (χ1v) is 12.8. The summed E-state index contributed by atoms with van der Waals surface area (Å²) in [5, 5.41) is 9.45. The molecule has 6 rings (SSSR count). The average molecular weight is 507 g/mol. The van der Waals surface area contributed by atoms with Crippen molar-refractivity contribution in [3.63, 3.8) is 0 Å². The number of halogens is 4. The van der Waals surface area contributed by atoms with E-state index >= 15 is 0 Å². The number of rotatable bonds is 4. The van der Waals surface area contributed by atoms with Crippen molar-refractivity contribution >= 4 is 22.5 Å². The number of nitrogens with zero attached hydrogens (tertiary/aromatic N) is 5. The van der Waals surface area contributed by atoms with Gasteiger partial charge in [-0.05, 0) is 79.7 Å². The Hall–Kier alpha value is -2.69. The van der Waals surface area contributed by atoms with Gasteiger partial charge in [0.25, 0.3) is 0 Å². The predicted octanol–water partition coefficient (Wildman–Crippen LogP) is 5.45. The molecule has 3 atom stereocenters. The van der Waals surface area contributed by atoms with Crippen LogP contribution < -0.4 is 10.2 Å². The quantitative estimate of drug-likeness (QED) is 0.477. The lowest BCUT2D eigenvalue weighted by atomic mass is 9.90. The summed E-state index contributed by atoms with van der Waals surface area (Å²) < 4.78 is 59.9. The Morgan fingerprint density at radius 1 is 1.09 bits per heavy atom. The third-order valence-corrected chi connectivity index (χ3v) is 8.57. The first-order valence-electron chi connectivity index (χ1n) is 12.0. The van der Waals surface area contributed by atoms with Crippen LogP contribution in [-0.2, 0) is 12.7 Å². The second-order valence-electron chi connectivity index (χ2n) is 9.93. The first-order chi connectivity index (χ1) is 16.8.